The van der Waals surface area contributed by atoms with Gasteiger partial charge in [0.2, 0.25) is 0 Å². The van der Waals surface area contributed by atoms with Crippen molar-refractivity contribution in [2.24, 2.45) is 0 Å². The van der Waals surface area contributed by atoms with Crippen LogP contribution in [0, 0.1) is 0 Å². The van der Waals surface area contributed by atoms with Gasteiger partial charge in [-0.1, -0.05) is 48.2 Å². The Balaban J connectivity index is 1.88. The Hall–Kier alpha value is -2.73. The fraction of sp³-hybridized carbons (Fsp3) is 0.273. The molecular formula is C22H25N3O2S. The van der Waals surface area contributed by atoms with Crippen molar-refractivity contribution in [3.8, 4) is 22.9 Å². The zero-order valence-electron chi connectivity index (χ0n) is 16.5. The Kier molecular flexibility index (Phi) is 6.76. The first-order valence-electron chi connectivity index (χ1n) is 9.19. The first kappa shape index (κ1) is 20.0. The summed E-state index contributed by atoms with van der Waals surface area (Å²) in [4.78, 5) is 0. The second kappa shape index (κ2) is 9.46. The van der Waals surface area contributed by atoms with Gasteiger partial charge in [0.25, 0.3) is 0 Å². The maximum atomic E-state index is 5.93. The number of allylic oxidation sites excluding steroid dienone is 1. The molecule has 0 bridgehead atoms. The third-order valence-electron chi connectivity index (χ3n) is 4.07. The van der Waals surface area contributed by atoms with Crippen LogP contribution in [0.5, 0.6) is 11.5 Å². The predicted molar refractivity (Wildman–Crippen MR) is 114 cm³/mol. The molecule has 3 rings (SSSR count). The Morgan fingerprint density at radius 2 is 1.79 bits per heavy atom. The zero-order chi connectivity index (χ0) is 19.9. The number of ether oxygens (including phenoxy) is 2. The van der Waals surface area contributed by atoms with E-state index in [9.17, 15) is 0 Å². The summed E-state index contributed by atoms with van der Waals surface area (Å²) in [6.07, 6.45) is 1.98. The number of aromatic nitrogens is 3. The molecule has 0 aliphatic rings. The molecule has 2 aromatic carbocycles. The molecule has 0 saturated heterocycles. The monoisotopic (exact) mass is 395 g/mol. The van der Waals surface area contributed by atoms with E-state index < -0.39 is 0 Å². The molecule has 3 aromatic rings. The molecule has 0 aliphatic heterocycles. The van der Waals surface area contributed by atoms with E-state index in [0.717, 1.165) is 39.4 Å². The van der Waals surface area contributed by atoms with Gasteiger partial charge < -0.3 is 9.47 Å². The summed E-state index contributed by atoms with van der Waals surface area (Å²) >= 11 is 1.63. The molecule has 28 heavy (non-hydrogen) atoms. The number of nitrogens with zero attached hydrogens (tertiary/aromatic N) is 3. The summed E-state index contributed by atoms with van der Waals surface area (Å²) in [7, 11) is 1.66. The lowest BCUT2D eigenvalue weighted by atomic mass is 10.2. The lowest BCUT2D eigenvalue weighted by molar-refractivity contribution is 0.240. The van der Waals surface area contributed by atoms with Crippen LogP contribution in [0.2, 0.25) is 0 Å². The standard InChI is InChI=1S/C22H25N3O2S/c1-5-14-25-21(18-11-7-9-13-20(18)26-4)23-24-22(25)28-15-17-10-6-8-12-19(17)27-16(2)3/h5-13,16H,1,14-15H2,2-4H3. The molecule has 1 aromatic heterocycles. The maximum absolute atomic E-state index is 5.93. The molecule has 0 atom stereocenters. The molecule has 0 saturated carbocycles. The predicted octanol–water partition coefficient (Wildman–Crippen LogP) is 5.22. The highest BCUT2D eigenvalue weighted by Crippen LogP contribution is 2.33. The molecule has 1 heterocycles. The smallest absolute Gasteiger partial charge is 0.192 e. The fourth-order valence-corrected chi connectivity index (χ4v) is 3.79. The highest BCUT2D eigenvalue weighted by atomic mass is 32.2. The van der Waals surface area contributed by atoms with Crippen LogP contribution in [-0.2, 0) is 12.3 Å². The molecule has 0 aliphatic carbocycles. The summed E-state index contributed by atoms with van der Waals surface area (Å²) in [6.45, 7) is 8.56. The Bertz CT molecular complexity index is 937. The minimum atomic E-state index is 0.132. The molecule has 5 nitrogen and oxygen atoms in total. The first-order valence-corrected chi connectivity index (χ1v) is 10.2. The molecule has 0 radical (unpaired) electrons. The summed E-state index contributed by atoms with van der Waals surface area (Å²) in [5.74, 6) is 3.19. The number of methoxy groups -OCH3 is 1. The molecule has 0 unspecified atom stereocenters. The normalized spacial score (nSPS) is 10.9. The number of rotatable bonds is 9. The Morgan fingerprint density at radius 1 is 1.07 bits per heavy atom. The van der Waals surface area contributed by atoms with Crippen LogP contribution in [0.25, 0.3) is 11.4 Å². The van der Waals surface area contributed by atoms with Gasteiger partial charge in [-0.25, -0.2) is 0 Å². The van der Waals surface area contributed by atoms with E-state index in [1.807, 2.05) is 62.4 Å². The van der Waals surface area contributed by atoms with E-state index in [1.165, 1.54) is 0 Å². The van der Waals surface area contributed by atoms with Crippen LogP contribution in [-0.4, -0.2) is 28.0 Å². The van der Waals surface area contributed by atoms with Crippen molar-refractivity contribution in [3.63, 3.8) is 0 Å². The van der Waals surface area contributed by atoms with Gasteiger partial charge in [-0.2, -0.15) is 0 Å². The molecule has 0 fully saturated rings. The Labute approximate surface area is 170 Å². The SMILES string of the molecule is C=CCn1c(SCc2ccccc2OC(C)C)nnc1-c1ccccc1OC. The van der Waals surface area contributed by atoms with Crippen LogP contribution in [0.1, 0.15) is 19.4 Å². The van der Waals surface area contributed by atoms with Gasteiger partial charge in [0.05, 0.1) is 18.8 Å². The van der Waals surface area contributed by atoms with Gasteiger partial charge in [0.15, 0.2) is 11.0 Å². The van der Waals surface area contributed by atoms with Crippen molar-refractivity contribution in [2.75, 3.05) is 7.11 Å². The highest BCUT2D eigenvalue weighted by molar-refractivity contribution is 7.98. The molecule has 0 amide bonds. The molecule has 6 heteroatoms. The number of thioether (sulfide) groups is 1. The van der Waals surface area contributed by atoms with Gasteiger partial charge in [-0.3, -0.25) is 4.57 Å². The highest BCUT2D eigenvalue weighted by Gasteiger charge is 2.17. The first-order chi connectivity index (χ1) is 13.6. The third-order valence-corrected chi connectivity index (χ3v) is 5.08. The van der Waals surface area contributed by atoms with Gasteiger partial charge >= 0.3 is 0 Å². The number of para-hydroxylation sites is 2. The van der Waals surface area contributed by atoms with Crippen molar-refractivity contribution in [1.82, 2.24) is 14.8 Å². The van der Waals surface area contributed by atoms with Gasteiger partial charge in [0.1, 0.15) is 11.5 Å². The topological polar surface area (TPSA) is 49.2 Å². The van der Waals surface area contributed by atoms with E-state index in [0.29, 0.717) is 6.54 Å². The van der Waals surface area contributed by atoms with E-state index >= 15 is 0 Å². The number of benzene rings is 2. The Morgan fingerprint density at radius 3 is 2.50 bits per heavy atom. The van der Waals surface area contributed by atoms with Gasteiger partial charge in [0, 0.05) is 17.9 Å². The molecule has 146 valence electrons. The van der Waals surface area contributed by atoms with Crippen molar-refractivity contribution >= 4 is 11.8 Å². The van der Waals surface area contributed by atoms with E-state index in [4.69, 9.17) is 9.47 Å². The summed E-state index contributed by atoms with van der Waals surface area (Å²) < 4.78 is 13.5. The van der Waals surface area contributed by atoms with Gasteiger partial charge in [-0.15, -0.1) is 16.8 Å². The van der Waals surface area contributed by atoms with E-state index in [-0.39, 0.29) is 6.10 Å². The molecular weight excluding hydrogens is 370 g/mol. The van der Waals surface area contributed by atoms with Crippen LogP contribution in [0.3, 0.4) is 0 Å². The third kappa shape index (κ3) is 4.57. The lowest BCUT2D eigenvalue weighted by Gasteiger charge is -2.14. The van der Waals surface area contributed by atoms with Crippen molar-refractivity contribution < 1.29 is 9.47 Å². The van der Waals surface area contributed by atoms with Crippen molar-refractivity contribution in [2.45, 2.75) is 37.4 Å². The van der Waals surface area contributed by atoms with Crippen LogP contribution in [0.4, 0.5) is 0 Å². The minimum Gasteiger partial charge on any atom is -0.496 e. The van der Waals surface area contributed by atoms with E-state index in [1.54, 1.807) is 18.9 Å². The van der Waals surface area contributed by atoms with Crippen LogP contribution >= 0.6 is 11.8 Å². The average Bonchev–Trinajstić information content (AvgIpc) is 3.09. The zero-order valence-corrected chi connectivity index (χ0v) is 17.3. The largest absolute Gasteiger partial charge is 0.496 e. The number of hydrogen-bond donors (Lipinski definition) is 0. The summed E-state index contributed by atoms with van der Waals surface area (Å²) in [6, 6.07) is 15.9. The van der Waals surface area contributed by atoms with Crippen molar-refractivity contribution in [3.05, 3.63) is 66.7 Å². The van der Waals surface area contributed by atoms with Crippen molar-refractivity contribution in [1.29, 1.82) is 0 Å². The number of hydrogen-bond acceptors (Lipinski definition) is 5. The summed E-state index contributed by atoms with van der Waals surface area (Å²) in [5.41, 5.74) is 2.04. The van der Waals surface area contributed by atoms with Gasteiger partial charge in [-0.05, 0) is 32.0 Å². The van der Waals surface area contributed by atoms with E-state index in [2.05, 4.69) is 27.4 Å². The lowest BCUT2D eigenvalue weighted by Crippen LogP contribution is -2.07. The minimum absolute atomic E-state index is 0.132. The van der Waals surface area contributed by atoms with Crippen LogP contribution in [0.15, 0.2) is 66.3 Å². The average molecular weight is 396 g/mol. The maximum Gasteiger partial charge on any atom is 0.192 e. The quantitative estimate of drug-likeness (QED) is 0.367. The molecule has 0 spiro atoms. The second-order valence-electron chi connectivity index (χ2n) is 6.47. The summed E-state index contributed by atoms with van der Waals surface area (Å²) in [5, 5.41) is 9.69. The molecule has 0 N–H and O–H groups in total. The van der Waals surface area contributed by atoms with Crippen LogP contribution < -0.4 is 9.47 Å². The second-order valence-corrected chi connectivity index (χ2v) is 7.41. The fourth-order valence-electron chi connectivity index (χ4n) is 2.85.